The molecular weight excluding hydrogens is 232 g/mol. The second-order valence-corrected chi connectivity index (χ2v) is 4.24. The Kier molecular flexibility index (Phi) is 3.27. The molecule has 0 fully saturated rings. The van der Waals surface area contributed by atoms with Gasteiger partial charge in [-0.3, -0.25) is 9.78 Å². The van der Waals surface area contributed by atoms with Gasteiger partial charge in [-0.05, 0) is 0 Å². The van der Waals surface area contributed by atoms with Crippen molar-refractivity contribution in [3.05, 3.63) is 57.1 Å². The van der Waals surface area contributed by atoms with Crippen molar-refractivity contribution in [1.82, 2.24) is 9.97 Å². The van der Waals surface area contributed by atoms with E-state index < -0.39 is 5.69 Å². The SMILES string of the molecule is CN(C)c1cc[n+](Cc2cc(=O)[nH]c(=O)[nH]2)cc1. The van der Waals surface area contributed by atoms with Crippen LogP contribution in [0.25, 0.3) is 0 Å². The lowest BCUT2D eigenvalue weighted by atomic mass is 10.3. The highest BCUT2D eigenvalue weighted by molar-refractivity contribution is 5.41. The summed E-state index contributed by atoms with van der Waals surface area (Å²) < 4.78 is 1.89. The molecule has 2 heterocycles. The molecule has 0 aliphatic rings. The monoisotopic (exact) mass is 247 g/mol. The van der Waals surface area contributed by atoms with Gasteiger partial charge in [0.05, 0.1) is 5.69 Å². The molecular formula is C12H15N4O2+. The lowest BCUT2D eigenvalue weighted by Gasteiger charge is -2.10. The predicted molar refractivity (Wildman–Crippen MR) is 67.7 cm³/mol. The zero-order valence-corrected chi connectivity index (χ0v) is 10.3. The minimum absolute atomic E-state index is 0.390. The lowest BCUT2D eigenvalue weighted by Crippen LogP contribution is -2.36. The molecule has 94 valence electrons. The molecule has 0 aromatic carbocycles. The molecule has 0 bridgehead atoms. The number of H-pyrrole nitrogens is 2. The van der Waals surface area contributed by atoms with Gasteiger partial charge in [0.25, 0.3) is 5.56 Å². The fraction of sp³-hybridized carbons (Fsp3) is 0.250. The topological polar surface area (TPSA) is 72.8 Å². The van der Waals surface area contributed by atoms with E-state index >= 15 is 0 Å². The van der Waals surface area contributed by atoms with E-state index in [-0.39, 0.29) is 5.56 Å². The highest BCUT2D eigenvalue weighted by Gasteiger charge is 2.05. The molecule has 0 unspecified atom stereocenters. The minimum atomic E-state index is -0.483. The number of nitrogens with one attached hydrogen (secondary N) is 2. The van der Waals surface area contributed by atoms with Crippen LogP contribution in [0, 0.1) is 0 Å². The van der Waals surface area contributed by atoms with Crippen LogP contribution >= 0.6 is 0 Å². The summed E-state index contributed by atoms with van der Waals surface area (Å²) in [5, 5.41) is 0. The van der Waals surface area contributed by atoms with Crippen molar-refractivity contribution in [3.8, 4) is 0 Å². The van der Waals surface area contributed by atoms with Crippen molar-refractivity contribution >= 4 is 5.69 Å². The molecule has 0 atom stereocenters. The van der Waals surface area contributed by atoms with Gasteiger partial charge in [0.1, 0.15) is 0 Å². The first-order valence-corrected chi connectivity index (χ1v) is 5.53. The van der Waals surface area contributed by atoms with Crippen molar-refractivity contribution in [3.63, 3.8) is 0 Å². The Bertz CT molecular complexity index is 612. The number of aromatic nitrogens is 3. The fourth-order valence-corrected chi connectivity index (χ4v) is 1.65. The van der Waals surface area contributed by atoms with Crippen molar-refractivity contribution in [1.29, 1.82) is 0 Å². The molecule has 2 N–H and O–H groups in total. The summed E-state index contributed by atoms with van der Waals surface area (Å²) in [4.78, 5) is 29.0. The Morgan fingerprint density at radius 2 is 1.83 bits per heavy atom. The predicted octanol–water partition coefficient (Wildman–Crippen LogP) is -0.535. The van der Waals surface area contributed by atoms with E-state index in [0.717, 1.165) is 5.69 Å². The van der Waals surface area contributed by atoms with Gasteiger partial charge in [0, 0.05) is 38.0 Å². The normalized spacial score (nSPS) is 10.3. The van der Waals surface area contributed by atoms with Crippen LogP contribution in [0.2, 0.25) is 0 Å². The Labute approximate surface area is 104 Å². The summed E-state index contributed by atoms with van der Waals surface area (Å²) in [6.45, 7) is 0.451. The van der Waals surface area contributed by atoms with Gasteiger partial charge < -0.3 is 9.88 Å². The Morgan fingerprint density at radius 1 is 1.17 bits per heavy atom. The molecule has 2 aromatic heterocycles. The molecule has 0 saturated heterocycles. The van der Waals surface area contributed by atoms with Crippen LogP contribution in [0.4, 0.5) is 5.69 Å². The quantitative estimate of drug-likeness (QED) is 0.716. The highest BCUT2D eigenvalue weighted by Crippen LogP contribution is 2.05. The molecule has 0 spiro atoms. The van der Waals surface area contributed by atoms with E-state index in [1.54, 1.807) is 0 Å². The van der Waals surface area contributed by atoms with Crippen molar-refractivity contribution in [2.24, 2.45) is 0 Å². The maximum absolute atomic E-state index is 11.2. The number of pyridine rings is 1. The van der Waals surface area contributed by atoms with Crippen LogP contribution in [-0.2, 0) is 6.54 Å². The molecule has 18 heavy (non-hydrogen) atoms. The molecule has 0 aliphatic heterocycles. The van der Waals surface area contributed by atoms with Crippen LogP contribution in [0.1, 0.15) is 5.69 Å². The fourth-order valence-electron chi connectivity index (χ4n) is 1.65. The second kappa shape index (κ2) is 4.87. The van der Waals surface area contributed by atoms with Gasteiger partial charge in [-0.25, -0.2) is 4.79 Å². The van der Waals surface area contributed by atoms with Gasteiger partial charge in [0.15, 0.2) is 18.9 Å². The van der Waals surface area contributed by atoms with Gasteiger partial charge in [-0.15, -0.1) is 0 Å². The van der Waals surface area contributed by atoms with Crippen LogP contribution < -0.4 is 20.7 Å². The summed E-state index contributed by atoms with van der Waals surface area (Å²) in [5.74, 6) is 0. The summed E-state index contributed by atoms with van der Waals surface area (Å²) in [6, 6.07) is 5.31. The maximum Gasteiger partial charge on any atom is 0.326 e. The number of hydrogen-bond donors (Lipinski definition) is 2. The molecule has 6 heteroatoms. The van der Waals surface area contributed by atoms with E-state index in [1.807, 2.05) is 48.1 Å². The first kappa shape index (κ1) is 12.1. The van der Waals surface area contributed by atoms with Crippen LogP contribution in [0.5, 0.6) is 0 Å². The first-order chi connectivity index (χ1) is 8.54. The maximum atomic E-state index is 11.2. The first-order valence-electron chi connectivity index (χ1n) is 5.53. The van der Waals surface area contributed by atoms with Gasteiger partial charge in [-0.2, -0.15) is 4.57 Å². The van der Waals surface area contributed by atoms with E-state index in [1.165, 1.54) is 6.07 Å². The number of hydrogen-bond acceptors (Lipinski definition) is 3. The molecule has 0 saturated carbocycles. The standard InChI is InChI=1S/C12H14N4O2/c1-15(2)10-3-5-16(6-4-10)8-9-7-11(17)14-12(18)13-9/h3-7H,8H2,1-2H3,(H-,13,14,17,18)/p+1. The number of rotatable bonds is 3. The Balaban J connectivity index is 2.23. The van der Waals surface area contributed by atoms with E-state index in [9.17, 15) is 9.59 Å². The number of anilines is 1. The van der Waals surface area contributed by atoms with Crippen LogP contribution in [-0.4, -0.2) is 24.1 Å². The number of nitrogens with zero attached hydrogens (tertiary/aromatic N) is 2. The second-order valence-electron chi connectivity index (χ2n) is 4.24. The zero-order valence-electron chi connectivity index (χ0n) is 10.3. The summed E-state index contributed by atoms with van der Waals surface area (Å²) in [7, 11) is 3.93. The Morgan fingerprint density at radius 3 is 2.39 bits per heavy atom. The van der Waals surface area contributed by atoms with Crippen LogP contribution in [0.3, 0.4) is 0 Å². The summed E-state index contributed by atoms with van der Waals surface area (Å²) in [6.07, 6.45) is 3.80. The highest BCUT2D eigenvalue weighted by atomic mass is 16.2. The van der Waals surface area contributed by atoms with E-state index in [0.29, 0.717) is 12.2 Å². The molecule has 0 aliphatic carbocycles. The van der Waals surface area contributed by atoms with Gasteiger partial charge in [-0.1, -0.05) is 0 Å². The molecule has 6 nitrogen and oxygen atoms in total. The summed E-state index contributed by atoms with van der Waals surface area (Å²) >= 11 is 0. The van der Waals surface area contributed by atoms with Crippen LogP contribution in [0.15, 0.2) is 40.2 Å². The molecule has 0 radical (unpaired) electrons. The molecule has 0 amide bonds. The third-order valence-corrected chi connectivity index (χ3v) is 2.56. The molecule has 2 aromatic rings. The molecule has 2 rings (SSSR count). The lowest BCUT2D eigenvalue weighted by molar-refractivity contribution is -0.688. The average molecular weight is 247 g/mol. The van der Waals surface area contributed by atoms with E-state index in [4.69, 9.17) is 0 Å². The van der Waals surface area contributed by atoms with Gasteiger partial charge in [0.2, 0.25) is 0 Å². The van der Waals surface area contributed by atoms with Crippen molar-refractivity contribution in [2.45, 2.75) is 6.54 Å². The minimum Gasteiger partial charge on any atom is -0.377 e. The summed E-state index contributed by atoms with van der Waals surface area (Å²) in [5.41, 5.74) is 0.791. The van der Waals surface area contributed by atoms with E-state index in [2.05, 4.69) is 9.97 Å². The largest absolute Gasteiger partial charge is 0.377 e. The third kappa shape index (κ3) is 2.85. The Hall–Kier alpha value is -2.37. The number of aromatic amines is 2. The zero-order chi connectivity index (χ0) is 13.1. The van der Waals surface area contributed by atoms with Crippen molar-refractivity contribution in [2.75, 3.05) is 19.0 Å². The van der Waals surface area contributed by atoms with Gasteiger partial charge >= 0.3 is 5.69 Å². The average Bonchev–Trinajstić information content (AvgIpc) is 2.28. The van der Waals surface area contributed by atoms with Crippen molar-refractivity contribution < 1.29 is 4.57 Å². The third-order valence-electron chi connectivity index (χ3n) is 2.56. The smallest absolute Gasteiger partial charge is 0.326 e.